The van der Waals surface area contributed by atoms with E-state index in [1.807, 2.05) is 12.1 Å². The molecule has 10 heteroatoms. The minimum absolute atomic E-state index is 0.192. The molecule has 9 nitrogen and oxygen atoms in total. The van der Waals surface area contributed by atoms with Crippen LogP contribution in [0.3, 0.4) is 0 Å². The monoisotopic (exact) mass is 578 g/mol. The van der Waals surface area contributed by atoms with Crippen LogP contribution in [0.2, 0.25) is 5.02 Å². The second-order valence-electron chi connectivity index (χ2n) is 11.6. The van der Waals surface area contributed by atoms with Crippen LogP contribution < -0.4 is 16.0 Å². The topological polar surface area (TPSA) is 134 Å². The second kappa shape index (κ2) is 12.6. The minimum Gasteiger partial charge on any atom is -0.502 e. The number of phenols is 1. The van der Waals surface area contributed by atoms with Gasteiger partial charge in [-0.3, -0.25) is 14.9 Å². The van der Waals surface area contributed by atoms with E-state index in [0.29, 0.717) is 22.2 Å². The number of aromatic hydroxyl groups is 1. The fraction of sp³-hybridized carbons (Fsp3) is 0.355. The van der Waals surface area contributed by atoms with Crippen molar-refractivity contribution < 1.29 is 19.6 Å². The summed E-state index contributed by atoms with van der Waals surface area (Å²) in [5.41, 5.74) is 1.79. The molecule has 3 aromatic rings. The second-order valence-corrected chi connectivity index (χ2v) is 12.0. The molecule has 1 atom stereocenters. The van der Waals surface area contributed by atoms with Gasteiger partial charge in [-0.25, -0.2) is 4.79 Å². The van der Waals surface area contributed by atoms with Gasteiger partial charge in [0, 0.05) is 28.0 Å². The first kappa shape index (κ1) is 29.9. The summed E-state index contributed by atoms with van der Waals surface area (Å²) in [6.07, 6.45) is 4.08. The first-order valence-corrected chi connectivity index (χ1v) is 14.0. The van der Waals surface area contributed by atoms with E-state index in [4.69, 9.17) is 11.6 Å². The number of hydrogen-bond donors (Lipinski definition) is 4. The lowest BCUT2D eigenvalue weighted by Crippen LogP contribution is -2.38. The maximum Gasteiger partial charge on any atom is 0.319 e. The Hall–Kier alpha value is -4.11. The van der Waals surface area contributed by atoms with Crippen LogP contribution in [-0.4, -0.2) is 22.0 Å². The maximum absolute atomic E-state index is 13.0. The van der Waals surface area contributed by atoms with Crippen LogP contribution in [0.5, 0.6) is 5.75 Å². The number of rotatable bonds is 7. The summed E-state index contributed by atoms with van der Waals surface area (Å²) in [5.74, 6) is -0.0920. The number of nitrogens with zero attached hydrogens (tertiary/aromatic N) is 1. The predicted octanol–water partition coefficient (Wildman–Crippen LogP) is 7.92. The summed E-state index contributed by atoms with van der Waals surface area (Å²) in [4.78, 5) is 36.3. The number of urea groups is 1. The normalized spacial score (nSPS) is 17.8. The third kappa shape index (κ3) is 7.76. The summed E-state index contributed by atoms with van der Waals surface area (Å²) < 4.78 is 0. The molecule has 1 fully saturated rings. The molecule has 0 aliphatic heterocycles. The largest absolute Gasteiger partial charge is 0.502 e. The van der Waals surface area contributed by atoms with Gasteiger partial charge in [-0.1, -0.05) is 44.5 Å². The number of amides is 3. The van der Waals surface area contributed by atoms with E-state index < -0.39 is 22.3 Å². The van der Waals surface area contributed by atoms with Gasteiger partial charge in [0.25, 0.3) is 5.91 Å². The van der Waals surface area contributed by atoms with Crippen molar-refractivity contribution in [2.75, 3.05) is 10.6 Å². The number of halogens is 1. The summed E-state index contributed by atoms with van der Waals surface area (Å²) in [7, 11) is 0. The van der Waals surface area contributed by atoms with Crippen molar-refractivity contribution in [1.82, 2.24) is 5.32 Å². The highest BCUT2D eigenvalue weighted by Gasteiger charge is 2.34. The average molecular weight is 579 g/mol. The first-order valence-electron chi connectivity index (χ1n) is 13.6. The lowest BCUT2D eigenvalue weighted by molar-refractivity contribution is -0.385. The molecule has 41 heavy (non-hydrogen) atoms. The van der Waals surface area contributed by atoms with Crippen LogP contribution in [-0.2, 0) is 0 Å². The van der Waals surface area contributed by atoms with Crippen LogP contribution in [0.4, 0.5) is 21.9 Å². The van der Waals surface area contributed by atoms with Gasteiger partial charge < -0.3 is 21.1 Å². The first-order chi connectivity index (χ1) is 19.4. The molecule has 0 bridgehead atoms. The Morgan fingerprint density at radius 2 is 1.54 bits per heavy atom. The molecule has 0 heterocycles. The SMILES string of the molecule is CC(C)(C)C1CCC(C(NC(=O)Nc2ccc(Cl)cc2)c2ccc(C(=O)Nc3ccc(O)c([N+](=O)[O-])c3)cc2)CC1. The van der Waals surface area contributed by atoms with E-state index in [1.54, 1.807) is 36.4 Å². The van der Waals surface area contributed by atoms with Crippen molar-refractivity contribution in [2.45, 2.75) is 52.5 Å². The highest BCUT2D eigenvalue weighted by molar-refractivity contribution is 6.30. The number of anilines is 2. The molecule has 0 aromatic heterocycles. The van der Waals surface area contributed by atoms with E-state index in [-0.39, 0.29) is 29.1 Å². The van der Waals surface area contributed by atoms with Gasteiger partial charge in [-0.2, -0.15) is 0 Å². The van der Waals surface area contributed by atoms with Gasteiger partial charge in [0.15, 0.2) is 5.75 Å². The van der Waals surface area contributed by atoms with Crippen LogP contribution in [0.1, 0.15) is 68.4 Å². The quantitative estimate of drug-likeness (QED) is 0.128. The molecular formula is C31H35ClN4O5. The van der Waals surface area contributed by atoms with Crippen LogP contribution in [0, 0.1) is 27.4 Å². The van der Waals surface area contributed by atoms with Crippen molar-refractivity contribution in [3.05, 3.63) is 93.0 Å². The van der Waals surface area contributed by atoms with Crippen molar-refractivity contribution in [3.8, 4) is 5.75 Å². The molecule has 3 aromatic carbocycles. The van der Waals surface area contributed by atoms with E-state index in [2.05, 4.69) is 36.7 Å². The molecule has 1 aliphatic carbocycles. The molecule has 1 saturated carbocycles. The Morgan fingerprint density at radius 1 is 0.927 bits per heavy atom. The number of benzene rings is 3. The predicted molar refractivity (Wildman–Crippen MR) is 160 cm³/mol. The van der Waals surface area contributed by atoms with Gasteiger partial charge in [-0.05, 0) is 97.0 Å². The van der Waals surface area contributed by atoms with E-state index in [9.17, 15) is 24.8 Å². The number of nitrogens with one attached hydrogen (secondary N) is 3. The third-order valence-corrected chi connectivity index (χ3v) is 8.07. The summed E-state index contributed by atoms with van der Waals surface area (Å²) in [5, 5.41) is 30.0. The zero-order chi connectivity index (χ0) is 29.7. The summed E-state index contributed by atoms with van der Waals surface area (Å²) in [6, 6.07) is 17.0. The summed E-state index contributed by atoms with van der Waals surface area (Å²) in [6.45, 7) is 6.81. The fourth-order valence-corrected chi connectivity index (χ4v) is 5.55. The molecule has 4 N–H and O–H groups in total. The van der Waals surface area contributed by atoms with Gasteiger partial charge in [0.1, 0.15) is 0 Å². The van der Waals surface area contributed by atoms with E-state index in [0.717, 1.165) is 43.4 Å². The number of hydrogen-bond acceptors (Lipinski definition) is 5. The standard InChI is InChI=1S/C31H35ClN4O5/c1-31(2,3)22-10-8-20(9-11-22)28(35-30(39)34-24-14-12-23(32)13-15-24)19-4-6-21(7-5-19)29(38)33-25-16-17-27(37)26(18-25)36(40)41/h4-7,12-18,20,22,28,37H,8-11H2,1-3H3,(H,33,38)(H2,34,35,39). The fourth-order valence-electron chi connectivity index (χ4n) is 5.43. The highest BCUT2D eigenvalue weighted by Crippen LogP contribution is 2.43. The highest BCUT2D eigenvalue weighted by atomic mass is 35.5. The Kier molecular flexibility index (Phi) is 9.18. The van der Waals surface area contributed by atoms with Crippen LogP contribution in [0.25, 0.3) is 0 Å². The van der Waals surface area contributed by atoms with E-state index >= 15 is 0 Å². The number of carbonyl (C=O) groups is 2. The lowest BCUT2D eigenvalue weighted by atomic mass is 9.68. The van der Waals surface area contributed by atoms with Gasteiger partial charge >= 0.3 is 11.7 Å². The molecular weight excluding hydrogens is 544 g/mol. The number of carbonyl (C=O) groups excluding carboxylic acids is 2. The molecule has 1 unspecified atom stereocenters. The van der Waals surface area contributed by atoms with Crippen LogP contribution >= 0.6 is 11.6 Å². The Labute approximate surface area is 244 Å². The smallest absolute Gasteiger partial charge is 0.319 e. The molecule has 4 rings (SSSR count). The molecule has 3 amide bonds. The van der Waals surface area contributed by atoms with Gasteiger partial charge in [-0.15, -0.1) is 0 Å². The van der Waals surface area contributed by atoms with E-state index in [1.165, 1.54) is 6.07 Å². The van der Waals surface area contributed by atoms with Gasteiger partial charge in [0.05, 0.1) is 11.0 Å². The Morgan fingerprint density at radius 3 is 2.12 bits per heavy atom. The molecule has 0 spiro atoms. The number of nitro benzene ring substituents is 1. The summed E-state index contributed by atoms with van der Waals surface area (Å²) >= 11 is 5.97. The molecule has 0 radical (unpaired) electrons. The molecule has 0 saturated heterocycles. The van der Waals surface area contributed by atoms with Crippen LogP contribution in [0.15, 0.2) is 66.7 Å². The third-order valence-electron chi connectivity index (χ3n) is 7.82. The zero-order valence-electron chi connectivity index (χ0n) is 23.3. The average Bonchev–Trinajstić information content (AvgIpc) is 2.93. The number of phenolic OH excluding ortho intramolecular Hbond substituents is 1. The maximum atomic E-state index is 13.0. The zero-order valence-corrected chi connectivity index (χ0v) is 24.1. The Balaban J connectivity index is 1.50. The lowest BCUT2D eigenvalue weighted by Gasteiger charge is -2.39. The minimum atomic E-state index is -0.717. The van der Waals surface area contributed by atoms with Crippen molar-refractivity contribution in [2.24, 2.45) is 17.3 Å². The van der Waals surface area contributed by atoms with Crippen molar-refractivity contribution >= 4 is 40.6 Å². The molecule has 1 aliphatic rings. The Bertz CT molecular complexity index is 1400. The molecule has 216 valence electrons. The van der Waals surface area contributed by atoms with Gasteiger partial charge in [0.2, 0.25) is 0 Å². The van der Waals surface area contributed by atoms with Crippen molar-refractivity contribution in [3.63, 3.8) is 0 Å². The van der Waals surface area contributed by atoms with Crippen molar-refractivity contribution in [1.29, 1.82) is 0 Å². The number of nitro groups is 1.